The highest BCUT2D eigenvalue weighted by molar-refractivity contribution is 5.67. The van der Waals surface area contributed by atoms with E-state index in [0.29, 0.717) is 30.6 Å². The second-order valence-corrected chi connectivity index (χ2v) is 5.88. The molecule has 0 atom stereocenters. The van der Waals surface area contributed by atoms with Gasteiger partial charge in [0.1, 0.15) is 5.60 Å². The molecule has 0 fully saturated rings. The Morgan fingerprint density at radius 2 is 2.11 bits per heavy atom. The van der Waals surface area contributed by atoms with E-state index in [2.05, 4.69) is 29.3 Å². The second-order valence-electron chi connectivity index (χ2n) is 5.88. The maximum Gasteiger partial charge on any atom is 0.407 e. The predicted octanol–water partition coefficient (Wildman–Crippen LogP) is 2.34. The molecule has 0 aliphatic rings. The zero-order valence-corrected chi connectivity index (χ0v) is 12.3. The number of nitrogens with zero attached hydrogens (tertiary/aromatic N) is 2. The highest BCUT2D eigenvalue weighted by atomic mass is 16.6. The van der Waals surface area contributed by atoms with Gasteiger partial charge in [-0.25, -0.2) is 4.79 Å². The van der Waals surface area contributed by atoms with Gasteiger partial charge >= 0.3 is 6.09 Å². The molecule has 19 heavy (non-hydrogen) atoms. The van der Waals surface area contributed by atoms with Gasteiger partial charge in [-0.1, -0.05) is 19.0 Å². The first-order chi connectivity index (χ1) is 8.76. The molecule has 0 saturated heterocycles. The summed E-state index contributed by atoms with van der Waals surface area (Å²) in [6.45, 7) is 10.1. The highest BCUT2D eigenvalue weighted by Gasteiger charge is 2.16. The van der Waals surface area contributed by atoms with Crippen molar-refractivity contribution in [1.82, 2.24) is 15.5 Å². The van der Waals surface area contributed by atoms with Crippen LogP contribution < -0.4 is 5.32 Å². The van der Waals surface area contributed by atoms with E-state index < -0.39 is 11.7 Å². The average Bonchev–Trinajstić information content (AvgIpc) is 2.61. The molecule has 1 aromatic rings. The first-order valence-electron chi connectivity index (χ1n) is 6.54. The third-order valence-corrected chi connectivity index (χ3v) is 2.11. The van der Waals surface area contributed by atoms with Crippen LogP contribution in [0.15, 0.2) is 4.52 Å². The Morgan fingerprint density at radius 1 is 1.42 bits per heavy atom. The number of carbonyl (C=O) groups is 1. The van der Waals surface area contributed by atoms with Crippen molar-refractivity contribution in [2.45, 2.75) is 53.1 Å². The van der Waals surface area contributed by atoms with Crippen molar-refractivity contribution in [3.05, 3.63) is 11.7 Å². The van der Waals surface area contributed by atoms with E-state index in [1.54, 1.807) is 0 Å². The van der Waals surface area contributed by atoms with E-state index >= 15 is 0 Å². The van der Waals surface area contributed by atoms with Crippen LogP contribution in [0.4, 0.5) is 4.79 Å². The van der Waals surface area contributed by atoms with Crippen molar-refractivity contribution in [3.63, 3.8) is 0 Å². The van der Waals surface area contributed by atoms with Crippen LogP contribution in [-0.2, 0) is 17.6 Å². The molecular formula is C13H23N3O3. The fourth-order valence-electron chi connectivity index (χ4n) is 1.43. The maximum absolute atomic E-state index is 11.4. The lowest BCUT2D eigenvalue weighted by atomic mass is 10.1. The molecule has 1 heterocycles. The zero-order valence-electron chi connectivity index (χ0n) is 12.3. The smallest absolute Gasteiger partial charge is 0.407 e. The Labute approximate surface area is 113 Å². The van der Waals surface area contributed by atoms with Crippen LogP contribution >= 0.6 is 0 Å². The molecule has 1 N–H and O–H groups in total. The summed E-state index contributed by atoms with van der Waals surface area (Å²) in [7, 11) is 0. The highest BCUT2D eigenvalue weighted by Crippen LogP contribution is 2.07. The van der Waals surface area contributed by atoms with Crippen LogP contribution in [0.2, 0.25) is 0 Å². The molecule has 1 aromatic heterocycles. The third-order valence-electron chi connectivity index (χ3n) is 2.11. The number of hydrogen-bond acceptors (Lipinski definition) is 5. The molecule has 0 aliphatic carbocycles. The molecule has 6 nitrogen and oxygen atoms in total. The number of nitrogens with one attached hydrogen (secondary N) is 1. The SMILES string of the molecule is CC(C)Cc1noc(CCNC(=O)OC(C)(C)C)n1. The average molecular weight is 269 g/mol. The van der Waals surface area contributed by atoms with E-state index in [0.717, 1.165) is 6.42 Å². The molecule has 108 valence electrons. The minimum absolute atomic E-state index is 0.415. The Hall–Kier alpha value is -1.59. The number of carbonyl (C=O) groups excluding carboxylic acids is 1. The van der Waals surface area contributed by atoms with E-state index in [1.807, 2.05) is 20.8 Å². The summed E-state index contributed by atoms with van der Waals surface area (Å²) < 4.78 is 10.2. The monoisotopic (exact) mass is 269 g/mol. The topological polar surface area (TPSA) is 77.2 Å². The van der Waals surface area contributed by atoms with Gasteiger partial charge in [0.25, 0.3) is 0 Å². The molecule has 0 saturated carbocycles. The molecule has 0 aliphatic heterocycles. The standard InChI is InChI=1S/C13H23N3O3/c1-9(2)8-10-15-11(19-16-10)6-7-14-12(17)18-13(3,4)5/h9H,6-8H2,1-5H3,(H,14,17). The van der Waals surface area contributed by atoms with E-state index in [1.165, 1.54) is 0 Å². The maximum atomic E-state index is 11.4. The van der Waals surface area contributed by atoms with Crippen molar-refractivity contribution in [3.8, 4) is 0 Å². The van der Waals surface area contributed by atoms with E-state index in [4.69, 9.17) is 9.26 Å². The summed E-state index contributed by atoms with van der Waals surface area (Å²) >= 11 is 0. The van der Waals surface area contributed by atoms with Gasteiger partial charge in [0.15, 0.2) is 5.82 Å². The number of ether oxygens (including phenoxy) is 1. The Kier molecular flexibility index (Phi) is 5.32. The zero-order chi connectivity index (χ0) is 14.5. The van der Waals surface area contributed by atoms with Crippen molar-refractivity contribution >= 4 is 6.09 Å². The molecule has 0 unspecified atom stereocenters. The molecule has 1 rings (SSSR count). The van der Waals surface area contributed by atoms with Crippen molar-refractivity contribution in [2.24, 2.45) is 5.92 Å². The Balaban J connectivity index is 2.29. The Morgan fingerprint density at radius 3 is 2.68 bits per heavy atom. The van der Waals surface area contributed by atoms with Crippen molar-refractivity contribution in [1.29, 1.82) is 0 Å². The van der Waals surface area contributed by atoms with Crippen LogP contribution in [0.1, 0.15) is 46.3 Å². The summed E-state index contributed by atoms with van der Waals surface area (Å²) in [5.41, 5.74) is -0.487. The normalized spacial score (nSPS) is 11.7. The summed E-state index contributed by atoms with van der Waals surface area (Å²) in [5, 5.41) is 6.53. The summed E-state index contributed by atoms with van der Waals surface area (Å²) in [6, 6.07) is 0. The third kappa shape index (κ3) is 6.79. The van der Waals surface area contributed by atoms with Gasteiger partial charge in [-0.3, -0.25) is 0 Å². The number of hydrogen-bond donors (Lipinski definition) is 1. The predicted molar refractivity (Wildman–Crippen MR) is 70.8 cm³/mol. The van der Waals surface area contributed by atoms with Crippen LogP contribution in [0.25, 0.3) is 0 Å². The van der Waals surface area contributed by atoms with Gasteiger partial charge in [-0.2, -0.15) is 4.98 Å². The van der Waals surface area contributed by atoms with E-state index in [-0.39, 0.29) is 0 Å². The largest absolute Gasteiger partial charge is 0.444 e. The van der Waals surface area contributed by atoms with Gasteiger partial charge in [-0.15, -0.1) is 0 Å². The molecule has 0 bridgehead atoms. The van der Waals surface area contributed by atoms with Gasteiger partial charge in [0.05, 0.1) is 0 Å². The molecule has 6 heteroatoms. The Bertz CT molecular complexity index is 408. The molecular weight excluding hydrogens is 246 g/mol. The quantitative estimate of drug-likeness (QED) is 0.887. The molecule has 0 radical (unpaired) electrons. The lowest BCUT2D eigenvalue weighted by Crippen LogP contribution is -2.33. The number of alkyl carbamates (subject to hydrolysis) is 1. The fraction of sp³-hybridized carbons (Fsp3) is 0.769. The number of amides is 1. The molecule has 0 aromatic carbocycles. The van der Waals surface area contributed by atoms with Gasteiger partial charge in [-0.05, 0) is 26.7 Å². The molecule has 0 spiro atoms. The van der Waals surface area contributed by atoms with E-state index in [9.17, 15) is 4.79 Å². The van der Waals surface area contributed by atoms with Gasteiger partial charge < -0.3 is 14.6 Å². The lowest BCUT2D eigenvalue weighted by Gasteiger charge is -2.19. The first-order valence-corrected chi connectivity index (χ1v) is 6.54. The minimum Gasteiger partial charge on any atom is -0.444 e. The van der Waals surface area contributed by atoms with Crippen LogP contribution in [-0.4, -0.2) is 28.4 Å². The lowest BCUT2D eigenvalue weighted by molar-refractivity contribution is 0.0527. The van der Waals surface area contributed by atoms with Crippen LogP contribution in [0, 0.1) is 5.92 Å². The van der Waals surface area contributed by atoms with Crippen LogP contribution in [0.3, 0.4) is 0 Å². The fourth-order valence-corrected chi connectivity index (χ4v) is 1.43. The summed E-state index contributed by atoms with van der Waals surface area (Å²) in [5.74, 6) is 1.74. The van der Waals surface area contributed by atoms with Crippen LogP contribution in [0.5, 0.6) is 0 Å². The summed E-state index contributed by atoms with van der Waals surface area (Å²) in [4.78, 5) is 15.7. The number of rotatable bonds is 5. The molecule has 1 amide bonds. The first kappa shape index (κ1) is 15.5. The number of aromatic nitrogens is 2. The second kappa shape index (κ2) is 6.54. The van der Waals surface area contributed by atoms with Gasteiger partial charge in [0.2, 0.25) is 5.89 Å². The van der Waals surface area contributed by atoms with Crippen molar-refractivity contribution < 1.29 is 14.1 Å². The minimum atomic E-state index is -0.487. The van der Waals surface area contributed by atoms with Crippen molar-refractivity contribution in [2.75, 3.05) is 6.54 Å². The summed E-state index contributed by atoms with van der Waals surface area (Å²) in [6.07, 6.45) is 0.863. The van der Waals surface area contributed by atoms with Gasteiger partial charge in [0, 0.05) is 19.4 Å².